The fourth-order valence-electron chi connectivity index (χ4n) is 4.39. The van der Waals surface area contributed by atoms with E-state index in [0.29, 0.717) is 5.56 Å². The standard InChI is InChI=1S/C25H29N3O6/c26-13-18(24(32)27-14-20-21(29)22(30)23(31)25(33)34-20)11-15-4-5-17-12-19(7-6-16(17)10-15)28-8-2-1-3-9-28/h4-7,10-12,20-23,25,29-31,33H,1-3,8-9,14H2,(H,27,32)/t20-,21?,22?,23?,25?/m1/s1. The van der Waals surface area contributed by atoms with E-state index in [0.717, 1.165) is 23.9 Å². The minimum absolute atomic E-state index is 0.143. The van der Waals surface area contributed by atoms with E-state index in [1.165, 1.54) is 31.0 Å². The summed E-state index contributed by atoms with van der Waals surface area (Å²) in [5.41, 5.74) is 1.74. The molecule has 9 nitrogen and oxygen atoms in total. The molecule has 5 atom stereocenters. The lowest BCUT2D eigenvalue weighted by molar-refractivity contribution is -0.280. The SMILES string of the molecule is N#CC(=Cc1ccc2cc(N3CCCCC3)ccc2c1)C(=O)NC[C@H]1OC(O)C(O)C(O)C1O. The van der Waals surface area contributed by atoms with Crippen LogP contribution in [0.15, 0.2) is 42.0 Å². The van der Waals surface area contributed by atoms with Crippen molar-refractivity contribution in [2.24, 2.45) is 0 Å². The monoisotopic (exact) mass is 467 g/mol. The third-order valence-electron chi connectivity index (χ3n) is 6.40. The second kappa shape index (κ2) is 10.5. The van der Waals surface area contributed by atoms with Crippen LogP contribution in [0.4, 0.5) is 5.69 Å². The predicted octanol–water partition coefficient (Wildman–Crippen LogP) is 0.653. The molecular formula is C25H29N3O6. The van der Waals surface area contributed by atoms with Crippen LogP contribution in [-0.2, 0) is 9.53 Å². The number of rotatable bonds is 5. The average molecular weight is 468 g/mol. The van der Waals surface area contributed by atoms with Crippen molar-refractivity contribution in [1.29, 1.82) is 5.26 Å². The number of piperidine rings is 1. The highest BCUT2D eigenvalue weighted by Crippen LogP contribution is 2.26. The molecule has 0 saturated carbocycles. The number of nitriles is 1. The van der Waals surface area contributed by atoms with Gasteiger partial charge in [-0.3, -0.25) is 4.79 Å². The van der Waals surface area contributed by atoms with E-state index in [9.17, 15) is 30.5 Å². The quantitative estimate of drug-likeness (QED) is 0.318. The molecule has 4 unspecified atom stereocenters. The molecule has 9 heteroatoms. The van der Waals surface area contributed by atoms with E-state index in [-0.39, 0.29) is 12.1 Å². The largest absolute Gasteiger partial charge is 0.388 e. The van der Waals surface area contributed by atoms with Gasteiger partial charge in [0.25, 0.3) is 5.91 Å². The van der Waals surface area contributed by atoms with Crippen LogP contribution in [0, 0.1) is 11.3 Å². The van der Waals surface area contributed by atoms with Gasteiger partial charge in [-0.1, -0.05) is 18.2 Å². The number of carbonyl (C=O) groups is 1. The first kappa shape index (κ1) is 24.1. The van der Waals surface area contributed by atoms with Gasteiger partial charge < -0.3 is 35.4 Å². The molecule has 2 saturated heterocycles. The maximum atomic E-state index is 12.5. The zero-order valence-corrected chi connectivity index (χ0v) is 18.7. The summed E-state index contributed by atoms with van der Waals surface area (Å²) >= 11 is 0. The van der Waals surface area contributed by atoms with Gasteiger partial charge in [-0.05, 0) is 59.9 Å². The highest BCUT2D eigenvalue weighted by molar-refractivity contribution is 6.02. The molecule has 1 amide bonds. The average Bonchev–Trinajstić information content (AvgIpc) is 2.87. The van der Waals surface area contributed by atoms with E-state index < -0.39 is 36.6 Å². The fourth-order valence-corrected chi connectivity index (χ4v) is 4.39. The summed E-state index contributed by atoms with van der Waals surface area (Å²) in [6.07, 6.45) is -2.47. The molecule has 180 valence electrons. The number of benzene rings is 2. The van der Waals surface area contributed by atoms with E-state index in [2.05, 4.69) is 22.3 Å². The Hall–Kier alpha value is -3.00. The maximum Gasteiger partial charge on any atom is 0.262 e. The van der Waals surface area contributed by atoms with Gasteiger partial charge in [-0.15, -0.1) is 0 Å². The Labute approximate surface area is 197 Å². The van der Waals surface area contributed by atoms with Crippen molar-refractivity contribution in [3.05, 3.63) is 47.5 Å². The van der Waals surface area contributed by atoms with Crippen molar-refractivity contribution in [2.75, 3.05) is 24.5 Å². The normalized spacial score (nSPS) is 27.9. The summed E-state index contributed by atoms with van der Waals surface area (Å²) in [5, 5.41) is 52.9. The van der Waals surface area contributed by atoms with Crippen molar-refractivity contribution >= 4 is 28.4 Å². The zero-order chi connectivity index (χ0) is 24.2. The van der Waals surface area contributed by atoms with E-state index in [1.807, 2.05) is 30.3 Å². The van der Waals surface area contributed by atoms with Crippen molar-refractivity contribution in [3.8, 4) is 6.07 Å². The van der Waals surface area contributed by atoms with Gasteiger partial charge in [-0.25, -0.2) is 0 Å². The minimum Gasteiger partial charge on any atom is -0.388 e. The topological polar surface area (TPSA) is 146 Å². The zero-order valence-electron chi connectivity index (χ0n) is 18.7. The molecule has 2 aliphatic heterocycles. The summed E-state index contributed by atoms with van der Waals surface area (Å²) in [6, 6.07) is 13.9. The third-order valence-corrected chi connectivity index (χ3v) is 6.40. The maximum absolute atomic E-state index is 12.5. The number of ether oxygens (including phenoxy) is 1. The Morgan fingerprint density at radius 1 is 1.03 bits per heavy atom. The number of hydrogen-bond acceptors (Lipinski definition) is 8. The number of fused-ring (bicyclic) bond motifs is 1. The van der Waals surface area contributed by atoms with Gasteiger partial charge in [0.05, 0.1) is 0 Å². The summed E-state index contributed by atoms with van der Waals surface area (Å²) in [6.45, 7) is 1.86. The molecule has 5 N–H and O–H groups in total. The van der Waals surface area contributed by atoms with E-state index >= 15 is 0 Å². The van der Waals surface area contributed by atoms with Crippen LogP contribution < -0.4 is 10.2 Å². The van der Waals surface area contributed by atoms with Gasteiger partial charge in [-0.2, -0.15) is 5.26 Å². The second-order valence-corrected chi connectivity index (χ2v) is 8.76. The number of amides is 1. The first-order chi connectivity index (χ1) is 16.4. The van der Waals surface area contributed by atoms with Crippen molar-refractivity contribution < 1.29 is 30.0 Å². The van der Waals surface area contributed by atoms with Crippen LogP contribution in [-0.4, -0.2) is 76.7 Å². The smallest absolute Gasteiger partial charge is 0.262 e. The number of nitrogens with zero attached hydrogens (tertiary/aromatic N) is 2. The van der Waals surface area contributed by atoms with Crippen LogP contribution >= 0.6 is 0 Å². The number of carbonyl (C=O) groups excluding carboxylic acids is 1. The van der Waals surface area contributed by atoms with Crippen LogP contribution in [0.25, 0.3) is 16.8 Å². The number of aliphatic hydroxyl groups is 4. The van der Waals surface area contributed by atoms with Gasteiger partial charge >= 0.3 is 0 Å². The Balaban J connectivity index is 1.44. The molecule has 0 aliphatic carbocycles. The van der Waals surface area contributed by atoms with E-state index in [4.69, 9.17) is 4.74 Å². The molecule has 0 spiro atoms. The Kier molecular flexibility index (Phi) is 7.46. The van der Waals surface area contributed by atoms with Crippen LogP contribution in [0.2, 0.25) is 0 Å². The van der Waals surface area contributed by atoms with Gasteiger partial charge in [0, 0.05) is 25.3 Å². The number of hydrogen-bond donors (Lipinski definition) is 5. The van der Waals surface area contributed by atoms with Crippen LogP contribution in [0.1, 0.15) is 24.8 Å². The molecule has 2 fully saturated rings. The molecule has 2 aromatic rings. The Bertz CT molecular complexity index is 1110. The molecule has 2 heterocycles. The third kappa shape index (κ3) is 5.22. The molecule has 4 rings (SSSR count). The summed E-state index contributed by atoms with van der Waals surface area (Å²) < 4.78 is 5.04. The summed E-state index contributed by atoms with van der Waals surface area (Å²) in [7, 11) is 0. The van der Waals surface area contributed by atoms with Crippen molar-refractivity contribution in [1.82, 2.24) is 5.32 Å². The summed E-state index contributed by atoms with van der Waals surface area (Å²) in [5.74, 6) is -0.686. The predicted molar refractivity (Wildman–Crippen MR) is 126 cm³/mol. The Morgan fingerprint density at radius 3 is 2.47 bits per heavy atom. The van der Waals surface area contributed by atoms with Gasteiger partial charge in [0.2, 0.25) is 0 Å². The first-order valence-corrected chi connectivity index (χ1v) is 11.4. The second-order valence-electron chi connectivity index (χ2n) is 8.76. The molecule has 34 heavy (non-hydrogen) atoms. The van der Waals surface area contributed by atoms with E-state index in [1.54, 1.807) is 0 Å². The first-order valence-electron chi connectivity index (χ1n) is 11.4. The summed E-state index contributed by atoms with van der Waals surface area (Å²) in [4.78, 5) is 14.9. The molecule has 2 aromatic carbocycles. The Morgan fingerprint density at radius 2 is 1.74 bits per heavy atom. The fraction of sp³-hybridized carbons (Fsp3) is 0.440. The number of aliphatic hydroxyl groups excluding tert-OH is 4. The van der Waals surface area contributed by atoms with Crippen molar-refractivity contribution in [3.63, 3.8) is 0 Å². The molecule has 0 bridgehead atoms. The van der Waals surface area contributed by atoms with Crippen LogP contribution in [0.3, 0.4) is 0 Å². The highest BCUT2D eigenvalue weighted by Gasteiger charge is 2.42. The van der Waals surface area contributed by atoms with Gasteiger partial charge in [0.15, 0.2) is 6.29 Å². The number of anilines is 1. The molecule has 0 aromatic heterocycles. The molecular weight excluding hydrogens is 438 g/mol. The molecule has 0 radical (unpaired) electrons. The van der Waals surface area contributed by atoms with Gasteiger partial charge in [0.1, 0.15) is 36.1 Å². The molecule has 2 aliphatic rings. The number of nitrogens with one attached hydrogen (secondary N) is 1. The highest BCUT2D eigenvalue weighted by atomic mass is 16.6. The lowest BCUT2D eigenvalue weighted by Gasteiger charge is -2.38. The minimum atomic E-state index is -1.70. The van der Waals surface area contributed by atoms with Crippen molar-refractivity contribution in [2.45, 2.75) is 50.0 Å². The lowest BCUT2D eigenvalue weighted by Crippen LogP contribution is -2.60. The van der Waals surface area contributed by atoms with Crippen LogP contribution in [0.5, 0.6) is 0 Å². The lowest BCUT2D eigenvalue weighted by atomic mass is 9.99.